The number of benzene rings is 2. The monoisotopic (exact) mass is 443 g/mol. The normalized spacial score (nSPS) is 19.9. The van der Waals surface area contributed by atoms with Gasteiger partial charge < -0.3 is 0 Å². The Labute approximate surface area is 187 Å². The standard InChI is InChI=1S/C26H36O4P/c1-11-16-12-18(25(5,6)7)22-20(13-16)27-31(29-22)28-21-15-17(24(2,3)4)14-19(23(21)30-31)26(8,9)10/h12-15H,11H2,1-10H3/q+1. The van der Waals surface area contributed by atoms with Crippen LogP contribution >= 0.6 is 8.17 Å². The lowest BCUT2D eigenvalue weighted by molar-refractivity contribution is 0.330. The molecular weight excluding hydrogens is 407 g/mol. The largest absolute Gasteiger partial charge is 0.767 e. The first-order chi connectivity index (χ1) is 14.1. The molecule has 2 heterocycles. The van der Waals surface area contributed by atoms with Crippen molar-refractivity contribution in [2.45, 2.75) is 91.9 Å². The van der Waals surface area contributed by atoms with Crippen LogP contribution in [0.3, 0.4) is 0 Å². The fraction of sp³-hybridized carbons (Fsp3) is 0.538. The Morgan fingerprint density at radius 3 is 1.55 bits per heavy atom. The summed E-state index contributed by atoms with van der Waals surface area (Å²) in [5.74, 6) is 2.93. The Morgan fingerprint density at radius 1 is 0.613 bits per heavy atom. The van der Waals surface area contributed by atoms with Crippen LogP contribution in [0.5, 0.6) is 23.0 Å². The molecule has 1 atom stereocenters. The fourth-order valence-electron chi connectivity index (χ4n) is 3.91. The summed E-state index contributed by atoms with van der Waals surface area (Å²) < 4.78 is 25.6. The second-order valence-corrected chi connectivity index (χ2v) is 13.4. The predicted octanol–water partition coefficient (Wildman–Crippen LogP) is 8.06. The Bertz CT molecular complexity index is 1040. The van der Waals surface area contributed by atoms with Crippen molar-refractivity contribution >= 4 is 8.17 Å². The van der Waals surface area contributed by atoms with E-state index in [4.69, 9.17) is 18.1 Å². The van der Waals surface area contributed by atoms with Gasteiger partial charge in [0.25, 0.3) is 0 Å². The number of aryl methyl sites for hydroxylation is 1. The zero-order valence-electron chi connectivity index (χ0n) is 20.6. The Hall–Kier alpha value is -1.93. The number of hydrogen-bond donors (Lipinski definition) is 0. The van der Waals surface area contributed by atoms with Gasteiger partial charge in [-0.2, -0.15) is 0 Å². The molecule has 2 aromatic carbocycles. The average molecular weight is 444 g/mol. The highest BCUT2D eigenvalue weighted by Crippen LogP contribution is 2.74. The SMILES string of the molecule is CCc1cc2c(c(C(C)(C)C)c1)O[P+]1(O2)Oc2cc(C(C)(C)C)cc(C(C)(C)C)c2O1. The molecule has 0 bridgehead atoms. The van der Waals surface area contributed by atoms with Gasteiger partial charge in [-0.1, -0.05) is 81.4 Å². The van der Waals surface area contributed by atoms with E-state index in [1.807, 2.05) is 0 Å². The molecule has 0 aliphatic carbocycles. The molecule has 2 aromatic rings. The molecule has 0 radical (unpaired) electrons. The molecule has 0 amide bonds. The van der Waals surface area contributed by atoms with E-state index in [-0.39, 0.29) is 16.2 Å². The van der Waals surface area contributed by atoms with Crippen LogP contribution in [0.15, 0.2) is 24.3 Å². The second-order valence-electron chi connectivity index (χ2n) is 11.7. The fourth-order valence-corrected chi connectivity index (χ4v) is 5.71. The summed E-state index contributed by atoms with van der Waals surface area (Å²) in [5.41, 5.74) is 4.45. The molecule has 4 nitrogen and oxygen atoms in total. The molecule has 2 aliphatic rings. The summed E-state index contributed by atoms with van der Waals surface area (Å²) in [7, 11) is -3.06. The minimum absolute atomic E-state index is 0.0115. The van der Waals surface area contributed by atoms with E-state index in [0.29, 0.717) is 5.75 Å². The lowest BCUT2D eigenvalue weighted by Crippen LogP contribution is -2.17. The minimum Gasteiger partial charge on any atom is -0.237 e. The maximum absolute atomic E-state index is 6.45. The average Bonchev–Trinajstić information content (AvgIpc) is 3.15. The van der Waals surface area contributed by atoms with Crippen molar-refractivity contribution in [3.63, 3.8) is 0 Å². The van der Waals surface area contributed by atoms with Gasteiger partial charge in [0.1, 0.15) is 0 Å². The van der Waals surface area contributed by atoms with E-state index in [2.05, 4.69) is 93.5 Å². The van der Waals surface area contributed by atoms with Crippen molar-refractivity contribution in [1.82, 2.24) is 0 Å². The van der Waals surface area contributed by atoms with Gasteiger partial charge in [-0.15, -0.1) is 0 Å². The summed E-state index contributed by atoms with van der Waals surface area (Å²) in [5, 5.41) is 0. The summed E-state index contributed by atoms with van der Waals surface area (Å²) in [4.78, 5) is 0. The molecule has 168 valence electrons. The van der Waals surface area contributed by atoms with Crippen LogP contribution in [0.4, 0.5) is 0 Å². The van der Waals surface area contributed by atoms with Crippen molar-refractivity contribution < 1.29 is 18.1 Å². The van der Waals surface area contributed by atoms with E-state index >= 15 is 0 Å². The predicted molar refractivity (Wildman–Crippen MR) is 128 cm³/mol. The van der Waals surface area contributed by atoms with Crippen molar-refractivity contribution in [2.24, 2.45) is 0 Å². The molecule has 2 aliphatic heterocycles. The third kappa shape index (κ3) is 3.89. The number of hydrogen-bond acceptors (Lipinski definition) is 4. The van der Waals surface area contributed by atoms with Gasteiger partial charge in [0.15, 0.2) is 0 Å². The second kappa shape index (κ2) is 6.78. The van der Waals surface area contributed by atoms with Crippen molar-refractivity contribution in [3.8, 4) is 23.0 Å². The summed E-state index contributed by atoms with van der Waals surface area (Å²) >= 11 is 0. The Kier molecular flexibility index (Phi) is 4.87. The maximum atomic E-state index is 6.45. The first kappa shape index (κ1) is 22.3. The van der Waals surface area contributed by atoms with Crippen LogP contribution in [-0.2, 0) is 22.7 Å². The summed E-state index contributed by atoms with van der Waals surface area (Å²) in [6.45, 7) is 21.9. The highest BCUT2D eigenvalue weighted by atomic mass is 31.2. The third-order valence-electron chi connectivity index (χ3n) is 5.89. The van der Waals surface area contributed by atoms with E-state index in [0.717, 1.165) is 34.8 Å². The quantitative estimate of drug-likeness (QED) is 0.418. The van der Waals surface area contributed by atoms with E-state index in [1.54, 1.807) is 0 Å². The van der Waals surface area contributed by atoms with Gasteiger partial charge in [-0.25, -0.2) is 18.1 Å². The van der Waals surface area contributed by atoms with Crippen LogP contribution in [-0.4, -0.2) is 0 Å². The highest BCUT2D eigenvalue weighted by Gasteiger charge is 2.68. The van der Waals surface area contributed by atoms with Crippen LogP contribution in [0.1, 0.15) is 91.5 Å². The molecular formula is C26H36O4P+. The van der Waals surface area contributed by atoms with E-state index in [1.165, 1.54) is 11.1 Å². The molecule has 0 N–H and O–H groups in total. The Morgan fingerprint density at radius 2 is 1.10 bits per heavy atom. The van der Waals surface area contributed by atoms with Gasteiger partial charge in [-0.05, 0) is 45.9 Å². The van der Waals surface area contributed by atoms with Gasteiger partial charge in [0.2, 0.25) is 23.0 Å². The van der Waals surface area contributed by atoms with Crippen LogP contribution in [0.2, 0.25) is 0 Å². The maximum Gasteiger partial charge on any atom is 0.767 e. The smallest absolute Gasteiger partial charge is 0.237 e. The molecule has 5 heteroatoms. The molecule has 0 aromatic heterocycles. The summed E-state index contributed by atoms with van der Waals surface area (Å²) in [6.07, 6.45) is 0.927. The molecule has 0 saturated heterocycles. The van der Waals surface area contributed by atoms with Crippen molar-refractivity contribution in [1.29, 1.82) is 0 Å². The zero-order valence-corrected chi connectivity index (χ0v) is 21.5. The Balaban J connectivity index is 1.80. The highest BCUT2D eigenvalue weighted by molar-refractivity contribution is 7.58. The van der Waals surface area contributed by atoms with Gasteiger partial charge in [0, 0.05) is 11.1 Å². The van der Waals surface area contributed by atoms with Crippen LogP contribution < -0.4 is 18.1 Å². The van der Waals surface area contributed by atoms with Gasteiger partial charge in [-0.3, -0.25) is 0 Å². The molecule has 0 fully saturated rings. The molecule has 0 saturated carbocycles. The molecule has 4 rings (SSSR count). The number of rotatable bonds is 1. The first-order valence-corrected chi connectivity index (χ1v) is 12.6. The lowest BCUT2D eigenvalue weighted by atomic mass is 9.80. The molecule has 1 unspecified atom stereocenters. The van der Waals surface area contributed by atoms with Gasteiger partial charge >= 0.3 is 8.17 Å². The minimum atomic E-state index is -3.06. The first-order valence-electron chi connectivity index (χ1n) is 11.2. The van der Waals surface area contributed by atoms with Crippen molar-refractivity contribution in [2.75, 3.05) is 0 Å². The van der Waals surface area contributed by atoms with Crippen LogP contribution in [0.25, 0.3) is 0 Å². The topological polar surface area (TPSA) is 36.9 Å². The lowest BCUT2D eigenvalue weighted by Gasteiger charge is -2.24. The molecule has 31 heavy (non-hydrogen) atoms. The van der Waals surface area contributed by atoms with Crippen LogP contribution in [0, 0.1) is 0 Å². The third-order valence-corrected chi connectivity index (χ3v) is 7.54. The zero-order chi connectivity index (χ0) is 23.0. The number of fused-ring (bicyclic) bond motifs is 2. The summed E-state index contributed by atoms with van der Waals surface area (Å²) in [6, 6.07) is 8.59. The van der Waals surface area contributed by atoms with Gasteiger partial charge in [0.05, 0.1) is 0 Å². The molecule has 1 spiro atoms. The van der Waals surface area contributed by atoms with E-state index in [9.17, 15) is 0 Å². The van der Waals surface area contributed by atoms with Crippen molar-refractivity contribution in [3.05, 3.63) is 46.5 Å². The van der Waals surface area contributed by atoms with E-state index < -0.39 is 8.17 Å².